The summed E-state index contributed by atoms with van der Waals surface area (Å²) in [6.07, 6.45) is 9.11. The molecule has 0 aromatic carbocycles. The molecule has 0 aliphatic heterocycles. The van der Waals surface area contributed by atoms with Gasteiger partial charge in [-0.05, 0) is 25.3 Å². The van der Waals surface area contributed by atoms with Crippen molar-refractivity contribution in [2.24, 2.45) is 5.92 Å². The SMILES string of the molecule is O=C(O)C1CCCC(NCc2cn3cccnc3n2)C1. The average Bonchev–Trinajstić information content (AvgIpc) is 2.88. The minimum Gasteiger partial charge on any atom is -0.481 e. The van der Waals surface area contributed by atoms with Gasteiger partial charge < -0.3 is 10.4 Å². The third kappa shape index (κ3) is 2.80. The molecule has 0 saturated heterocycles. The zero-order valence-electron chi connectivity index (χ0n) is 11.2. The highest BCUT2D eigenvalue weighted by Crippen LogP contribution is 2.24. The number of nitrogens with one attached hydrogen (secondary N) is 1. The van der Waals surface area contributed by atoms with Gasteiger partial charge in [-0.3, -0.25) is 9.20 Å². The summed E-state index contributed by atoms with van der Waals surface area (Å²) in [6, 6.07) is 2.13. The summed E-state index contributed by atoms with van der Waals surface area (Å²) in [5, 5.41) is 12.5. The Kier molecular flexibility index (Phi) is 3.64. The van der Waals surface area contributed by atoms with E-state index in [1.54, 1.807) is 6.20 Å². The predicted octanol–water partition coefficient (Wildman–Crippen LogP) is 1.46. The van der Waals surface area contributed by atoms with Crippen LogP contribution in [-0.4, -0.2) is 31.5 Å². The summed E-state index contributed by atoms with van der Waals surface area (Å²) in [6.45, 7) is 0.653. The summed E-state index contributed by atoms with van der Waals surface area (Å²) < 4.78 is 1.89. The van der Waals surface area contributed by atoms with Gasteiger partial charge in [0.1, 0.15) is 0 Å². The Hall–Kier alpha value is -1.95. The van der Waals surface area contributed by atoms with E-state index in [0.717, 1.165) is 25.0 Å². The zero-order valence-corrected chi connectivity index (χ0v) is 11.2. The molecule has 0 spiro atoms. The Bertz CT molecular complexity index is 577. The summed E-state index contributed by atoms with van der Waals surface area (Å²) in [5.74, 6) is -0.186. The molecule has 2 unspecified atom stereocenters. The lowest BCUT2D eigenvalue weighted by atomic mass is 9.86. The molecule has 0 bridgehead atoms. The van der Waals surface area contributed by atoms with E-state index >= 15 is 0 Å². The first-order chi connectivity index (χ1) is 9.72. The van der Waals surface area contributed by atoms with Gasteiger partial charge in [0.15, 0.2) is 0 Å². The Morgan fingerprint density at radius 2 is 2.40 bits per heavy atom. The van der Waals surface area contributed by atoms with Crippen molar-refractivity contribution in [3.63, 3.8) is 0 Å². The Balaban J connectivity index is 1.60. The van der Waals surface area contributed by atoms with Crippen LogP contribution in [0.4, 0.5) is 0 Å². The van der Waals surface area contributed by atoms with Crippen molar-refractivity contribution < 1.29 is 9.90 Å². The molecule has 6 heteroatoms. The van der Waals surface area contributed by atoms with Gasteiger partial charge in [-0.1, -0.05) is 6.42 Å². The number of rotatable bonds is 4. The van der Waals surface area contributed by atoms with Crippen molar-refractivity contribution in [1.82, 2.24) is 19.7 Å². The fraction of sp³-hybridized carbons (Fsp3) is 0.500. The van der Waals surface area contributed by atoms with E-state index in [9.17, 15) is 4.79 Å². The number of imidazole rings is 1. The second-order valence-corrected chi connectivity index (χ2v) is 5.34. The maximum Gasteiger partial charge on any atom is 0.306 e. The van der Waals surface area contributed by atoms with Gasteiger partial charge in [0.05, 0.1) is 11.6 Å². The number of carbonyl (C=O) groups is 1. The number of aromatic nitrogens is 3. The molecule has 2 aromatic heterocycles. The second-order valence-electron chi connectivity index (χ2n) is 5.34. The van der Waals surface area contributed by atoms with Gasteiger partial charge in [-0.25, -0.2) is 9.97 Å². The smallest absolute Gasteiger partial charge is 0.306 e. The molecule has 2 aromatic rings. The van der Waals surface area contributed by atoms with E-state index in [4.69, 9.17) is 5.11 Å². The van der Waals surface area contributed by atoms with Crippen molar-refractivity contribution in [2.45, 2.75) is 38.3 Å². The summed E-state index contributed by atoms with van der Waals surface area (Å²) in [5.41, 5.74) is 0.932. The molecule has 1 aliphatic rings. The van der Waals surface area contributed by atoms with Crippen molar-refractivity contribution in [3.05, 3.63) is 30.4 Å². The van der Waals surface area contributed by atoms with Crippen molar-refractivity contribution in [2.75, 3.05) is 0 Å². The molecule has 1 aliphatic carbocycles. The quantitative estimate of drug-likeness (QED) is 0.882. The van der Waals surface area contributed by atoms with Crippen LogP contribution in [0.1, 0.15) is 31.4 Å². The number of carboxylic acids is 1. The second kappa shape index (κ2) is 5.58. The summed E-state index contributed by atoms with van der Waals surface area (Å²) >= 11 is 0. The van der Waals surface area contributed by atoms with Crippen LogP contribution in [0.25, 0.3) is 5.78 Å². The third-order valence-electron chi connectivity index (χ3n) is 3.88. The Morgan fingerprint density at radius 3 is 3.20 bits per heavy atom. The molecule has 6 nitrogen and oxygen atoms in total. The van der Waals surface area contributed by atoms with Crippen LogP contribution in [0.2, 0.25) is 0 Å². The molecular formula is C14H18N4O2. The first-order valence-electron chi connectivity index (χ1n) is 6.97. The summed E-state index contributed by atoms with van der Waals surface area (Å²) in [7, 11) is 0. The van der Waals surface area contributed by atoms with Gasteiger partial charge in [0, 0.05) is 31.2 Å². The minimum absolute atomic E-state index is 0.205. The molecule has 2 N–H and O–H groups in total. The molecule has 2 atom stereocenters. The number of nitrogens with zero attached hydrogens (tertiary/aromatic N) is 3. The molecule has 1 fully saturated rings. The van der Waals surface area contributed by atoms with E-state index in [1.807, 2.05) is 22.9 Å². The highest BCUT2D eigenvalue weighted by molar-refractivity contribution is 5.70. The zero-order chi connectivity index (χ0) is 13.9. The maximum atomic E-state index is 11.0. The lowest BCUT2D eigenvalue weighted by Crippen LogP contribution is -2.36. The Morgan fingerprint density at radius 1 is 1.50 bits per heavy atom. The predicted molar refractivity (Wildman–Crippen MR) is 73.2 cm³/mol. The van der Waals surface area contributed by atoms with Gasteiger partial charge in [-0.2, -0.15) is 0 Å². The van der Waals surface area contributed by atoms with E-state index in [2.05, 4.69) is 15.3 Å². The van der Waals surface area contributed by atoms with Crippen LogP contribution in [0.15, 0.2) is 24.7 Å². The number of carboxylic acid groups (broad SMARTS) is 1. The van der Waals surface area contributed by atoms with Gasteiger partial charge in [0.25, 0.3) is 0 Å². The first kappa shape index (κ1) is 13.1. The normalized spacial score (nSPS) is 23.0. The van der Waals surface area contributed by atoms with Crippen LogP contribution in [0.3, 0.4) is 0 Å². The monoisotopic (exact) mass is 274 g/mol. The molecule has 2 heterocycles. The first-order valence-corrected chi connectivity index (χ1v) is 6.97. The lowest BCUT2D eigenvalue weighted by Gasteiger charge is -2.27. The van der Waals surface area contributed by atoms with Crippen molar-refractivity contribution in [3.8, 4) is 0 Å². The minimum atomic E-state index is -0.673. The number of hydrogen-bond donors (Lipinski definition) is 2. The molecule has 20 heavy (non-hydrogen) atoms. The topological polar surface area (TPSA) is 79.5 Å². The average molecular weight is 274 g/mol. The Labute approximate surface area is 116 Å². The van der Waals surface area contributed by atoms with Crippen LogP contribution in [-0.2, 0) is 11.3 Å². The highest BCUT2D eigenvalue weighted by atomic mass is 16.4. The molecular weight excluding hydrogens is 256 g/mol. The lowest BCUT2D eigenvalue weighted by molar-refractivity contribution is -0.143. The van der Waals surface area contributed by atoms with Gasteiger partial charge in [-0.15, -0.1) is 0 Å². The van der Waals surface area contributed by atoms with Crippen LogP contribution < -0.4 is 5.32 Å². The van der Waals surface area contributed by atoms with Crippen LogP contribution in [0, 0.1) is 5.92 Å². The molecule has 3 rings (SSSR count). The molecule has 1 saturated carbocycles. The fourth-order valence-corrected chi connectivity index (χ4v) is 2.81. The van der Waals surface area contributed by atoms with E-state index in [0.29, 0.717) is 18.7 Å². The fourth-order valence-electron chi connectivity index (χ4n) is 2.81. The molecule has 0 amide bonds. The number of hydrogen-bond acceptors (Lipinski definition) is 4. The van der Waals surface area contributed by atoms with Crippen molar-refractivity contribution in [1.29, 1.82) is 0 Å². The van der Waals surface area contributed by atoms with Gasteiger partial charge >= 0.3 is 5.97 Å². The standard InChI is InChI=1S/C14H18N4O2/c19-13(20)10-3-1-4-11(7-10)16-8-12-9-18-6-2-5-15-14(18)17-12/h2,5-6,9-11,16H,1,3-4,7-8H2,(H,19,20). The third-order valence-corrected chi connectivity index (χ3v) is 3.88. The van der Waals surface area contributed by atoms with Crippen LogP contribution >= 0.6 is 0 Å². The van der Waals surface area contributed by atoms with Crippen molar-refractivity contribution >= 4 is 11.7 Å². The maximum absolute atomic E-state index is 11.0. The van der Waals surface area contributed by atoms with Gasteiger partial charge in [0.2, 0.25) is 5.78 Å². The highest BCUT2D eigenvalue weighted by Gasteiger charge is 2.26. The van der Waals surface area contributed by atoms with E-state index in [-0.39, 0.29) is 12.0 Å². The molecule has 0 radical (unpaired) electrons. The number of fused-ring (bicyclic) bond motifs is 1. The van der Waals surface area contributed by atoms with E-state index in [1.165, 1.54) is 0 Å². The molecule has 106 valence electrons. The number of aliphatic carboxylic acids is 1. The van der Waals surface area contributed by atoms with Crippen LogP contribution in [0.5, 0.6) is 0 Å². The summed E-state index contributed by atoms with van der Waals surface area (Å²) in [4.78, 5) is 19.6. The van der Waals surface area contributed by atoms with E-state index < -0.39 is 5.97 Å². The largest absolute Gasteiger partial charge is 0.481 e.